The molecule has 1 aliphatic rings. The van der Waals surface area contributed by atoms with Gasteiger partial charge < -0.3 is 9.84 Å². The Morgan fingerprint density at radius 2 is 1.86 bits per heavy atom. The van der Waals surface area contributed by atoms with Gasteiger partial charge in [0, 0.05) is 12.6 Å². The van der Waals surface area contributed by atoms with Crippen molar-refractivity contribution in [3.63, 3.8) is 0 Å². The van der Waals surface area contributed by atoms with Gasteiger partial charge in [-0.05, 0) is 40.5 Å². The van der Waals surface area contributed by atoms with Crippen LogP contribution < -0.4 is 0 Å². The van der Waals surface area contributed by atoms with E-state index in [0.29, 0.717) is 6.42 Å². The molecule has 0 unspecified atom stereocenters. The van der Waals surface area contributed by atoms with Crippen LogP contribution in [0.4, 0.5) is 4.79 Å². The molecule has 0 bridgehead atoms. The summed E-state index contributed by atoms with van der Waals surface area (Å²) in [6, 6.07) is 13.9. The third kappa shape index (κ3) is 3.75. The van der Waals surface area contributed by atoms with Crippen LogP contribution in [0, 0.1) is 0 Å². The Morgan fingerprint density at radius 3 is 2.55 bits per heavy atom. The van der Waals surface area contributed by atoms with E-state index in [0.717, 1.165) is 11.4 Å². The lowest BCUT2D eigenvalue weighted by Gasteiger charge is -2.30. The van der Waals surface area contributed by atoms with Crippen LogP contribution in [0.2, 0.25) is 0 Å². The number of fused-ring (bicyclic) bond motifs is 1. The molecule has 1 aliphatic carbocycles. The van der Waals surface area contributed by atoms with Gasteiger partial charge in [-0.2, -0.15) is 0 Å². The maximum Gasteiger partial charge on any atom is 0.506 e. The minimum atomic E-state index is -1.21. The summed E-state index contributed by atoms with van der Waals surface area (Å²) in [5, 5.41) is 9.96. The van der Waals surface area contributed by atoms with E-state index in [1.807, 2.05) is 36.4 Å². The summed E-state index contributed by atoms with van der Waals surface area (Å²) in [6.45, 7) is 0. The molecule has 2 aromatic rings. The number of carboxylic acid groups (broad SMARTS) is 1. The maximum atomic E-state index is 10.9. The second-order valence-electron chi connectivity index (χ2n) is 4.99. The molecule has 0 radical (unpaired) electrons. The molecular formula is C16H15NO3S2. The molecule has 6 heteroatoms. The molecule has 114 valence electrons. The number of benzene rings is 1. The van der Waals surface area contributed by atoms with Crippen molar-refractivity contribution in [3.05, 3.63) is 59.8 Å². The van der Waals surface area contributed by atoms with Gasteiger partial charge >= 0.3 is 6.16 Å². The van der Waals surface area contributed by atoms with Crippen molar-refractivity contribution >= 4 is 27.7 Å². The average molecular weight is 333 g/mol. The van der Waals surface area contributed by atoms with Crippen molar-refractivity contribution in [2.75, 3.05) is 0 Å². The van der Waals surface area contributed by atoms with Crippen LogP contribution in [0.15, 0.2) is 53.7 Å². The number of pyridine rings is 1. The first-order valence-electron chi connectivity index (χ1n) is 6.93. The quantitative estimate of drug-likeness (QED) is 0.673. The highest BCUT2D eigenvalue weighted by Crippen LogP contribution is 2.40. The van der Waals surface area contributed by atoms with Gasteiger partial charge in [0.2, 0.25) is 0 Å². The van der Waals surface area contributed by atoms with E-state index < -0.39 is 6.16 Å². The topological polar surface area (TPSA) is 59.4 Å². The SMILES string of the molecule is O=C(O)O[C@@H]1Cc2ccccc2C[C@H]1SSc1ccccn1. The zero-order valence-corrected chi connectivity index (χ0v) is 13.3. The van der Waals surface area contributed by atoms with Gasteiger partial charge in [-0.25, -0.2) is 9.78 Å². The number of hydrogen-bond donors (Lipinski definition) is 1. The second kappa shape index (κ2) is 7.07. The summed E-state index contributed by atoms with van der Waals surface area (Å²) < 4.78 is 5.11. The Labute approximate surface area is 136 Å². The van der Waals surface area contributed by atoms with Crippen molar-refractivity contribution in [2.24, 2.45) is 0 Å². The van der Waals surface area contributed by atoms with Crippen LogP contribution in [0.25, 0.3) is 0 Å². The highest BCUT2D eigenvalue weighted by Gasteiger charge is 2.32. The Morgan fingerprint density at radius 1 is 1.14 bits per heavy atom. The van der Waals surface area contributed by atoms with Crippen LogP contribution in [0.5, 0.6) is 0 Å². The molecule has 1 aromatic carbocycles. The predicted octanol–water partition coefficient (Wildman–Crippen LogP) is 4.05. The Hall–Kier alpha value is -1.66. The summed E-state index contributed by atoms with van der Waals surface area (Å²) in [5.41, 5.74) is 2.44. The first-order valence-corrected chi connectivity index (χ1v) is 9.14. The third-order valence-electron chi connectivity index (χ3n) is 3.52. The number of rotatable bonds is 4. The van der Waals surface area contributed by atoms with Crippen molar-refractivity contribution in [2.45, 2.75) is 29.2 Å². The molecule has 1 N–H and O–H groups in total. The molecule has 1 aromatic heterocycles. The van der Waals surface area contributed by atoms with E-state index in [1.165, 1.54) is 11.1 Å². The minimum absolute atomic E-state index is 0.0815. The molecule has 3 rings (SSSR count). The minimum Gasteiger partial charge on any atom is -0.450 e. The smallest absolute Gasteiger partial charge is 0.450 e. The fourth-order valence-electron chi connectivity index (χ4n) is 2.50. The maximum absolute atomic E-state index is 10.9. The van der Waals surface area contributed by atoms with E-state index in [4.69, 9.17) is 9.84 Å². The van der Waals surface area contributed by atoms with E-state index >= 15 is 0 Å². The molecule has 0 fully saturated rings. The van der Waals surface area contributed by atoms with Gasteiger partial charge in [-0.15, -0.1) is 0 Å². The first-order chi connectivity index (χ1) is 10.7. The number of ether oxygens (including phenoxy) is 1. The normalized spacial score (nSPS) is 20.2. The van der Waals surface area contributed by atoms with E-state index in [-0.39, 0.29) is 11.4 Å². The van der Waals surface area contributed by atoms with Gasteiger partial charge in [0.15, 0.2) is 0 Å². The zero-order chi connectivity index (χ0) is 15.4. The zero-order valence-electron chi connectivity index (χ0n) is 11.7. The van der Waals surface area contributed by atoms with Gasteiger partial charge in [-0.3, -0.25) is 0 Å². The average Bonchev–Trinajstić information content (AvgIpc) is 2.53. The molecule has 0 saturated heterocycles. The van der Waals surface area contributed by atoms with Crippen LogP contribution in [0.1, 0.15) is 11.1 Å². The standard InChI is InChI=1S/C16H15NO3S2/c18-16(19)20-13-9-11-5-1-2-6-12(11)10-14(13)21-22-15-7-3-4-8-17-15/h1-8,13-14H,9-10H2,(H,18,19)/t13-,14-/m1/s1. The van der Waals surface area contributed by atoms with Gasteiger partial charge in [0.25, 0.3) is 0 Å². The van der Waals surface area contributed by atoms with Crippen LogP contribution in [0.3, 0.4) is 0 Å². The molecule has 0 amide bonds. The van der Waals surface area contributed by atoms with Crippen molar-refractivity contribution in [1.82, 2.24) is 4.98 Å². The number of aromatic nitrogens is 1. The lowest BCUT2D eigenvalue weighted by molar-refractivity contribution is 0.0488. The fourth-order valence-corrected chi connectivity index (χ4v) is 5.02. The molecule has 0 saturated carbocycles. The van der Waals surface area contributed by atoms with Crippen LogP contribution >= 0.6 is 21.6 Å². The van der Waals surface area contributed by atoms with Gasteiger partial charge in [-0.1, -0.05) is 41.1 Å². The molecule has 4 nitrogen and oxygen atoms in total. The molecule has 2 atom stereocenters. The summed E-state index contributed by atoms with van der Waals surface area (Å²) in [7, 11) is 3.20. The molecule has 1 heterocycles. The van der Waals surface area contributed by atoms with E-state index in [9.17, 15) is 4.79 Å². The summed E-state index contributed by atoms with van der Waals surface area (Å²) in [4.78, 5) is 15.2. The number of hydrogen-bond acceptors (Lipinski definition) is 5. The third-order valence-corrected chi connectivity index (χ3v) is 6.29. The van der Waals surface area contributed by atoms with Crippen LogP contribution in [-0.2, 0) is 17.6 Å². The Balaban J connectivity index is 1.73. The van der Waals surface area contributed by atoms with Crippen molar-refractivity contribution in [1.29, 1.82) is 0 Å². The van der Waals surface area contributed by atoms with Gasteiger partial charge in [0.05, 0.1) is 5.25 Å². The second-order valence-corrected chi connectivity index (χ2v) is 7.45. The van der Waals surface area contributed by atoms with Gasteiger partial charge in [0.1, 0.15) is 11.1 Å². The molecule has 22 heavy (non-hydrogen) atoms. The highest BCUT2D eigenvalue weighted by molar-refractivity contribution is 8.76. The number of carbonyl (C=O) groups is 1. The first kappa shape index (κ1) is 15.2. The van der Waals surface area contributed by atoms with Crippen molar-refractivity contribution < 1.29 is 14.6 Å². The lowest BCUT2D eigenvalue weighted by Crippen LogP contribution is -2.36. The summed E-state index contributed by atoms with van der Waals surface area (Å²) in [6.07, 6.45) is 1.65. The number of nitrogens with zero attached hydrogens (tertiary/aromatic N) is 1. The van der Waals surface area contributed by atoms with E-state index in [2.05, 4.69) is 11.1 Å². The van der Waals surface area contributed by atoms with Crippen LogP contribution in [-0.4, -0.2) is 27.6 Å². The molecule has 0 aliphatic heterocycles. The monoisotopic (exact) mass is 333 g/mol. The largest absolute Gasteiger partial charge is 0.506 e. The van der Waals surface area contributed by atoms with E-state index in [1.54, 1.807) is 27.8 Å². The molecular weight excluding hydrogens is 318 g/mol. The Bertz CT molecular complexity index is 651. The fraction of sp³-hybridized carbons (Fsp3) is 0.250. The summed E-state index contributed by atoms with van der Waals surface area (Å²) in [5.74, 6) is 0. The lowest BCUT2D eigenvalue weighted by atomic mass is 9.89. The predicted molar refractivity (Wildman–Crippen MR) is 88.2 cm³/mol. The highest BCUT2D eigenvalue weighted by atomic mass is 33.1. The van der Waals surface area contributed by atoms with Crippen molar-refractivity contribution in [3.8, 4) is 0 Å². The molecule has 0 spiro atoms. The Kier molecular flexibility index (Phi) is 4.90. The summed E-state index contributed by atoms with van der Waals surface area (Å²) >= 11 is 0.